The van der Waals surface area contributed by atoms with Crippen molar-refractivity contribution in [3.8, 4) is 0 Å². The summed E-state index contributed by atoms with van der Waals surface area (Å²) >= 11 is 0. The Hall–Kier alpha value is -3.61. The second-order valence-corrected chi connectivity index (χ2v) is 6.78. The number of hydrogen-bond acceptors (Lipinski definition) is 3. The summed E-state index contributed by atoms with van der Waals surface area (Å²) in [7, 11) is 0. The van der Waals surface area contributed by atoms with Crippen LogP contribution in [0.2, 0.25) is 0 Å². The lowest BCUT2D eigenvalue weighted by atomic mass is 10.1. The lowest BCUT2D eigenvalue weighted by Crippen LogP contribution is -2.38. The highest BCUT2D eigenvalue weighted by molar-refractivity contribution is 5.93. The first-order chi connectivity index (χ1) is 13.9. The molecule has 0 spiro atoms. The number of aromatic amines is 1. The molecule has 1 heterocycles. The molecule has 3 rings (SSSR count). The van der Waals surface area contributed by atoms with Crippen LogP contribution in [-0.2, 0) is 20.8 Å². The Morgan fingerprint density at radius 1 is 1.00 bits per heavy atom. The molecule has 0 unspecified atom stereocenters. The fourth-order valence-corrected chi connectivity index (χ4v) is 3.22. The summed E-state index contributed by atoms with van der Waals surface area (Å²) in [6, 6.07) is 14.8. The molecule has 7 heteroatoms. The van der Waals surface area contributed by atoms with Crippen molar-refractivity contribution in [1.82, 2.24) is 10.3 Å². The SMILES string of the molecule is CC(=O)Nc1ccc(N(CCNC(=O)Cc2c[nH]c3ccccc23)C(C)=O)cc1. The van der Waals surface area contributed by atoms with E-state index in [1.54, 1.807) is 29.2 Å². The fourth-order valence-electron chi connectivity index (χ4n) is 3.22. The first-order valence-electron chi connectivity index (χ1n) is 9.41. The molecule has 7 nitrogen and oxygen atoms in total. The molecule has 3 amide bonds. The maximum Gasteiger partial charge on any atom is 0.224 e. The van der Waals surface area contributed by atoms with E-state index in [0.717, 1.165) is 16.5 Å². The van der Waals surface area contributed by atoms with Gasteiger partial charge in [0.2, 0.25) is 17.7 Å². The van der Waals surface area contributed by atoms with Crippen LogP contribution in [-0.4, -0.2) is 35.8 Å². The highest BCUT2D eigenvalue weighted by Crippen LogP contribution is 2.19. The molecule has 0 saturated carbocycles. The highest BCUT2D eigenvalue weighted by atomic mass is 16.2. The summed E-state index contributed by atoms with van der Waals surface area (Å²) in [4.78, 5) is 40.2. The van der Waals surface area contributed by atoms with Crippen molar-refractivity contribution < 1.29 is 14.4 Å². The van der Waals surface area contributed by atoms with Gasteiger partial charge in [-0.05, 0) is 35.9 Å². The number of nitrogens with zero attached hydrogens (tertiary/aromatic N) is 1. The molecule has 3 N–H and O–H groups in total. The first-order valence-corrected chi connectivity index (χ1v) is 9.41. The van der Waals surface area contributed by atoms with Crippen LogP contribution >= 0.6 is 0 Å². The van der Waals surface area contributed by atoms with Gasteiger partial charge in [-0.3, -0.25) is 14.4 Å². The molecule has 0 bridgehead atoms. The van der Waals surface area contributed by atoms with Crippen molar-refractivity contribution in [3.05, 3.63) is 60.3 Å². The number of benzene rings is 2. The summed E-state index contributed by atoms with van der Waals surface area (Å²) in [6.07, 6.45) is 2.12. The largest absolute Gasteiger partial charge is 0.361 e. The third-order valence-electron chi connectivity index (χ3n) is 4.56. The summed E-state index contributed by atoms with van der Waals surface area (Å²) in [5, 5.41) is 6.60. The van der Waals surface area contributed by atoms with Crippen molar-refractivity contribution >= 4 is 40.0 Å². The van der Waals surface area contributed by atoms with E-state index in [1.165, 1.54) is 13.8 Å². The lowest BCUT2D eigenvalue weighted by Gasteiger charge is -2.21. The molecule has 3 aromatic rings. The Morgan fingerprint density at radius 3 is 2.41 bits per heavy atom. The second kappa shape index (κ2) is 9.05. The average molecular weight is 392 g/mol. The number of fused-ring (bicyclic) bond motifs is 1. The topological polar surface area (TPSA) is 94.3 Å². The van der Waals surface area contributed by atoms with Crippen LogP contribution in [0.3, 0.4) is 0 Å². The zero-order valence-corrected chi connectivity index (χ0v) is 16.5. The normalized spacial score (nSPS) is 10.6. The molecule has 0 fully saturated rings. The average Bonchev–Trinajstić information content (AvgIpc) is 3.08. The summed E-state index contributed by atoms with van der Waals surface area (Å²) in [6.45, 7) is 3.62. The van der Waals surface area contributed by atoms with E-state index in [0.29, 0.717) is 24.5 Å². The third kappa shape index (κ3) is 5.22. The molecule has 0 saturated heterocycles. The highest BCUT2D eigenvalue weighted by Gasteiger charge is 2.13. The van der Waals surface area contributed by atoms with Crippen LogP contribution in [0, 0.1) is 0 Å². The standard InChI is InChI=1S/C22H24N4O3/c1-15(27)25-18-7-9-19(10-8-18)26(16(2)28)12-11-23-22(29)13-17-14-24-21-6-4-3-5-20(17)21/h3-10,14,24H,11-13H2,1-2H3,(H,23,29)(H,25,27). The van der Waals surface area contributed by atoms with Gasteiger partial charge in [0.05, 0.1) is 6.42 Å². The number of carbonyl (C=O) groups is 3. The molecule has 0 aliphatic heterocycles. The Labute approximate surface area is 169 Å². The van der Waals surface area contributed by atoms with Crippen molar-refractivity contribution in [2.24, 2.45) is 0 Å². The summed E-state index contributed by atoms with van der Waals surface area (Å²) in [5.41, 5.74) is 3.31. The molecule has 0 radical (unpaired) electrons. The van der Waals surface area contributed by atoms with E-state index in [9.17, 15) is 14.4 Å². The molecule has 150 valence electrons. The number of amides is 3. The van der Waals surface area contributed by atoms with Gasteiger partial charge in [0.1, 0.15) is 0 Å². The number of nitrogens with one attached hydrogen (secondary N) is 3. The van der Waals surface area contributed by atoms with Crippen molar-refractivity contribution in [2.45, 2.75) is 20.3 Å². The zero-order chi connectivity index (χ0) is 20.8. The first kappa shape index (κ1) is 20.1. The summed E-state index contributed by atoms with van der Waals surface area (Å²) < 4.78 is 0. The van der Waals surface area contributed by atoms with Crippen LogP contribution in [0.15, 0.2) is 54.7 Å². The van der Waals surface area contributed by atoms with Gasteiger partial charge in [-0.15, -0.1) is 0 Å². The van der Waals surface area contributed by atoms with Crippen LogP contribution < -0.4 is 15.5 Å². The molecule has 0 aliphatic carbocycles. The number of H-pyrrole nitrogens is 1. The smallest absolute Gasteiger partial charge is 0.224 e. The molecule has 2 aromatic carbocycles. The van der Waals surface area contributed by atoms with Gasteiger partial charge >= 0.3 is 0 Å². The number of anilines is 2. The summed E-state index contributed by atoms with van der Waals surface area (Å²) in [5.74, 6) is -0.374. The van der Waals surface area contributed by atoms with E-state index in [2.05, 4.69) is 15.6 Å². The molecule has 0 atom stereocenters. The predicted molar refractivity (Wildman–Crippen MR) is 114 cm³/mol. The second-order valence-electron chi connectivity index (χ2n) is 6.78. The molecule has 29 heavy (non-hydrogen) atoms. The maximum atomic E-state index is 12.3. The van der Waals surface area contributed by atoms with Gasteiger partial charge in [-0.1, -0.05) is 18.2 Å². The Balaban J connectivity index is 1.56. The van der Waals surface area contributed by atoms with Crippen molar-refractivity contribution in [1.29, 1.82) is 0 Å². The zero-order valence-electron chi connectivity index (χ0n) is 16.5. The van der Waals surface area contributed by atoms with Gasteiger partial charge < -0.3 is 20.5 Å². The fraction of sp³-hybridized carbons (Fsp3) is 0.227. The number of rotatable bonds is 7. The third-order valence-corrected chi connectivity index (χ3v) is 4.56. The van der Waals surface area contributed by atoms with Crippen molar-refractivity contribution in [2.75, 3.05) is 23.3 Å². The van der Waals surface area contributed by atoms with E-state index in [-0.39, 0.29) is 24.1 Å². The minimum Gasteiger partial charge on any atom is -0.361 e. The van der Waals surface area contributed by atoms with Gasteiger partial charge in [0, 0.05) is 55.4 Å². The van der Waals surface area contributed by atoms with Gasteiger partial charge in [-0.25, -0.2) is 0 Å². The monoisotopic (exact) mass is 392 g/mol. The maximum absolute atomic E-state index is 12.3. The van der Waals surface area contributed by atoms with Gasteiger partial charge in [-0.2, -0.15) is 0 Å². The van der Waals surface area contributed by atoms with Crippen LogP contribution in [0.4, 0.5) is 11.4 Å². The Kier molecular flexibility index (Phi) is 6.29. The van der Waals surface area contributed by atoms with Gasteiger partial charge in [0.25, 0.3) is 0 Å². The molecule has 0 aliphatic rings. The predicted octanol–water partition coefficient (Wildman–Crippen LogP) is 2.84. The molecular formula is C22H24N4O3. The Morgan fingerprint density at radius 2 is 1.72 bits per heavy atom. The Bertz CT molecular complexity index is 1020. The molecule has 1 aromatic heterocycles. The van der Waals surface area contributed by atoms with Crippen LogP contribution in [0.25, 0.3) is 10.9 Å². The van der Waals surface area contributed by atoms with Gasteiger partial charge in [0.15, 0.2) is 0 Å². The van der Waals surface area contributed by atoms with E-state index >= 15 is 0 Å². The number of carbonyl (C=O) groups excluding carboxylic acids is 3. The van der Waals surface area contributed by atoms with E-state index in [1.807, 2.05) is 30.5 Å². The van der Waals surface area contributed by atoms with Crippen LogP contribution in [0.5, 0.6) is 0 Å². The molecular weight excluding hydrogens is 368 g/mol. The van der Waals surface area contributed by atoms with E-state index < -0.39 is 0 Å². The lowest BCUT2D eigenvalue weighted by molar-refractivity contribution is -0.121. The number of hydrogen-bond donors (Lipinski definition) is 3. The number of para-hydroxylation sites is 1. The van der Waals surface area contributed by atoms with Crippen LogP contribution in [0.1, 0.15) is 19.4 Å². The van der Waals surface area contributed by atoms with Crippen molar-refractivity contribution in [3.63, 3.8) is 0 Å². The minimum absolute atomic E-state index is 0.0979. The quantitative estimate of drug-likeness (QED) is 0.577. The number of aromatic nitrogens is 1. The van der Waals surface area contributed by atoms with E-state index in [4.69, 9.17) is 0 Å². The minimum atomic E-state index is -0.154.